The van der Waals surface area contributed by atoms with Crippen LogP contribution in [0.2, 0.25) is 0 Å². The highest BCUT2D eigenvalue weighted by Crippen LogP contribution is 2.22. The average Bonchev–Trinajstić information content (AvgIpc) is 2.66. The number of rotatable bonds is 4. The summed E-state index contributed by atoms with van der Waals surface area (Å²) in [6.07, 6.45) is -0.691. The predicted octanol–water partition coefficient (Wildman–Crippen LogP) is 2.50. The van der Waals surface area contributed by atoms with Gasteiger partial charge < -0.3 is 9.84 Å². The van der Waals surface area contributed by atoms with Gasteiger partial charge in [-0.2, -0.15) is 5.10 Å². The summed E-state index contributed by atoms with van der Waals surface area (Å²) in [6, 6.07) is 6.36. The van der Waals surface area contributed by atoms with Crippen LogP contribution in [0, 0.1) is 12.7 Å². The van der Waals surface area contributed by atoms with Gasteiger partial charge in [0.25, 0.3) is 0 Å². The van der Waals surface area contributed by atoms with E-state index in [9.17, 15) is 9.50 Å². The number of benzene rings is 1. The number of halogens is 1. The molecule has 0 saturated carbocycles. The number of aryl methyl sites for hydroxylation is 2. The zero-order valence-corrected chi connectivity index (χ0v) is 11.2. The molecule has 1 heterocycles. The van der Waals surface area contributed by atoms with Crippen molar-refractivity contribution in [2.24, 2.45) is 7.05 Å². The lowest BCUT2D eigenvalue weighted by molar-refractivity contribution is 0.198. The Morgan fingerprint density at radius 2 is 2.16 bits per heavy atom. The molecule has 0 unspecified atom stereocenters. The molecule has 1 aromatic heterocycles. The number of ether oxygens (including phenoxy) is 1. The Hall–Kier alpha value is -1.88. The fraction of sp³-hybridized carbons (Fsp3) is 0.357. The highest BCUT2D eigenvalue weighted by atomic mass is 19.1. The number of aliphatic hydroxyl groups excluding tert-OH is 1. The molecule has 0 aliphatic rings. The van der Waals surface area contributed by atoms with Crippen molar-refractivity contribution in [2.75, 3.05) is 0 Å². The van der Waals surface area contributed by atoms with Crippen LogP contribution in [0.25, 0.3) is 0 Å². The molecule has 1 N–H and O–H groups in total. The molecule has 102 valence electrons. The minimum atomic E-state index is -0.691. The van der Waals surface area contributed by atoms with Crippen LogP contribution in [0.4, 0.5) is 4.39 Å². The molecule has 0 spiro atoms. The van der Waals surface area contributed by atoms with Gasteiger partial charge in [-0.3, -0.25) is 4.68 Å². The van der Waals surface area contributed by atoms with Crippen LogP contribution in [-0.2, 0) is 13.7 Å². The van der Waals surface area contributed by atoms with Gasteiger partial charge in [0.05, 0.1) is 17.5 Å². The first-order valence-corrected chi connectivity index (χ1v) is 6.07. The van der Waals surface area contributed by atoms with E-state index in [0.29, 0.717) is 5.56 Å². The van der Waals surface area contributed by atoms with Gasteiger partial charge in [0, 0.05) is 7.05 Å². The Bertz CT molecular complexity index is 579. The summed E-state index contributed by atoms with van der Waals surface area (Å²) in [5, 5.41) is 13.6. The molecule has 4 nitrogen and oxygen atoms in total. The second-order valence-corrected chi connectivity index (χ2v) is 4.56. The topological polar surface area (TPSA) is 47.3 Å². The second-order valence-electron chi connectivity index (χ2n) is 4.56. The van der Waals surface area contributed by atoms with E-state index in [1.165, 1.54) is 12.1 Å². The van der Waals surface area contributed by atoms with Gasteiger partial charge in [0.15, 0.2) is 11.6 Å². The van der Waals surface area contributed by atoms with Crippen LogP contribution in [0.3, 0.4) is 0 Å². The lowest BCUT2D eigenvalue weighted by Crippen LogP contribution is -2.04. The van der Waals surface area contributed by atoms with Gasteiger partial charge in [-0.15, -0.1) is 0 Å². The molecule has 0 bridgehead atoms. The molecule has 0 amide bonds. The molecule has 0 saturated heterocycles. The first-order valence-electron chi connectivity index (χ1n) is 6.07. The molecular formula is C14H17FN2O2. The SMILES string of the molecule is Cc1cc(COc2ccc([C@@H](C)O)cc2F)n(C)n1. The lowest BCUT2D eigenvalue weighted by Gasteiger charge is -2.10. The van der Waals surface area contributed by atoms with Crippen LogP contribution in [0.1, 0.15) is 30.0 Å². The normalized spacial score (nSPS) is 12.5. The Balaban J connectivity index is 2.10. The molecule has 0 aliphatic carbocycles. The maximum atomic E-state index is 13.8. The standard InChI is InChI=1S/C14H17FN2O2/c1-9-6-12(17(3)16-9)8-19-14-5-4-11(10(2)18)7-13(14)15/h4-7,10,18H,8H2,1-3H3/t10-/m1/s1. The number of hydrogen-bond acceptors (Lipinski definition) is 3. The fourth-order valence-corrected chi connectivity index (χ4v) is 1.85. The van der Waals surface area contributed by atoms with Crippen molar-refractivity contribution in [1.82, 2.24) is 9.78 Å². The maximum absolute atomic E-state index is 13.8. The molecule has 0 radical (unpaired) electrons. The molecule has 1 aromatic carbocycles. The Kier molecular flexibility index (Phi) is 3.85. The van der Waals surface area contributed by atoms with Crippen molar-refractivity contribution in [3.8, 4) is 5.75 Å². The average molecular weight is 264 g/mol. The number of aromatic nitrogens is 2. The molecule has 2 aromatic rings. The smallest absolute Gasteiger partial charge is 0.165 e. The van der Waals surface area contributed by atoms with Crippen molar-refractivity contribution in [3.05, 3.63) is 47.0 Å². The summed E-state index contributed by atoms with van der Waals surface area (Å²) < 4.78 is 20.9. The van der Waals surface area contributed by atoms with Gasteiger partial charge in [-0.05, 0) is 37.6 Å². The third-order valence-electron chi connectivity index (χ3n) is 2.91. The number of nitrogens with zero attached hydrogens (tertiary/aromatic N) is 2. The van der Waals surface area contributed by atoms with Crippen molar-refractivity contribution in [3.63, 3.8) is 0 Å². The van der Waals surface area contributed by atoms with E-state index >= 15 is 0 Å². The van der Waals surface area contributed by atoms with Crippen LogP contribution in [0.5, 0.6) is 5.75 Å². The zero-order chi connectivity index (χ0) is 14.0. The van der Waals surface area contributed by atoms with Gasteiger partial charge in [-0.1, -0.05) is 6.07 Å². The lowest BCUT2D eigenvalue weighted by atomic mass is 10.1. The first kappa shape index (κ1) is 13.5. The maximum Gasteiger partial charge on any atom is 0.165 e. The van der Waals surface area contributed by atoms with Crippen molar-refractivity contribution < 1.29 is 14.2 Å². The molecule has 0 aliphatic heterocycles. The first-order chi connectivity index (χ1) is 8.97. The quantitative estimate of drug-likeness (QED) is 0.923. The third-order valence-corrected chi connectivity index (χ3v) is 2.91. The van der Waals surface area contributed by atoms with E-state index in [4.69, 9.17) is 4.74 Å². The number of aliphatic hydroxyl groups is 1. The summed E-state index contributed by atoms with van der Waals surface area (Å²) in [5.74, 6) is -0.305. The second kappa shape index (κ2) is 5.40. The van der Waals surface area contributed by atoms with E-state index in [-0.39, 0.29) is 12.4 Å². The summed E-state index contributed by atoms with van der Waals surface area (Å²) in [6.45, 7) is 3.73. The Morgan fingerprint density at radius 1 is 1.42 bits per heavy atom. The van der Waals surface area contributed by atoms with Crippen LogP contribution >= 0.6 is 0 Å². The monoisotopic (exact) mass is 264 g/mol. The fourth-order valence-electron chi connectivity index (χ4n) is 1.85. The van der Waals surface area contributed by atoms with Crippen LogP contribution < -0.4 is 4.74 Å². The van der Waals surface area contributed by atoms with Crippen LogP contribution in [-0.4, -0.2) is 14.9 Å². The molecule has 0 fully saturated rings. The van der Waals surface area contributed by atoms with E-state index < -0.39 is 11.9 Å². The van der Waals surface area contributed by atoms with E-state index in [0.717, 1.165) is 11.4 Å². The van der Waals surface area contributed by atoms with Gasteiger partial charge in [0.1, 0.15) is 6.61 Å². The summed E-state index contributed by atoms with van der Waals surface area (Å²) in [7, 11) is 1.82. The summed E-state index contributed by atoms with van der Waals surface area (Å²) in [5.41, 5.74) is 2.30. The largest absolute Gasteiger partial charge is 0.484 e. The van der Waals surface area contributed by atoms with E-state index in [1.54, 1.807) is 17.7 Å². The highest BCUT2D eigenvalue weighted by molar-refractivity contribution is 5.30. The molecular weight excluding hydrogens is 247 g/mol. The number of hydrogen-bond donors (Lipinski definition) is 1. The minimum Gasteiger partial charge on any atom is -0.484 e. The Morgan fingerprint density at radius 3 is 2.68 bits per heavy atom. The highest BCUT2D eigenvalue weighted by Gasteiger charge is 2.09. The van der Waals surface area contributed by atoms with Crippen molar-refractivity contribution in [2.45, 2.75) is 26.6 Å². The van der Waals surface area contributed by atoms with Gasteiger partial charge in [0.2, 0.25) is 0 Å². The molecule has 5 heteroatoms. The summed E-state index contributed by atoms with van der Waals surface area (Å²) in [4.78, 5) is 0. The van der Waals surface area contributed by atoms with E-state index in [1.807, 2.05) is 20.0 Å². The molecule has 1 atom stereocenters. The molecule has 2 rings (SSSR count). The summed E-state index contributed by atoms with van der Waals surface area (Å²) >= 11 is 0. The van der Waals surface area contributed by atoms with E-state index in [2.05, 4.69) is 5.10 Å². The Labute approximate surface area is 111 Å². The van der Waals surface area contributed by atoms with Crippen molar-refractivity contribution in [1.29, 1.82) is 0 Å². The van der Waals surface area contributed by atoms with Gasteiger partial charge in [-0.25, -0.2) is 4.39 Å². The van der Waals surface area contributed by atoms with Crippen LogP contribution in [0.15, 0.2) is 24.3 Å². The predicted molar refractivity (Wildman–Crippen MR) is 69.3 cm³/mol. The molecule has 19 heavy (non-hydrogen) atoms. The van der Waals surface area contributed by atoms with Crippen molar-refractivity contribution >= 4 is 0 Å². The third kappa shape index (κ3) is 3.12. The minimum absolute atomic E-state index is 0.170. The van der Waals surface area contributed by atoms with Gasteiger partial charge >= 0.3 is 0 Å². The zero-order valence-electron chi connectivity index (χ0n) is 11.2.